The van der Waals surface area contributed by atoms with Crippen LogP contribution in [0, 0.1) is 5.41 Å². The molecule has 0 bridgehead atoms. The number of benzene rings is 1. The monoisotopic (exact) mass is 315 g/mol. The minimum Gasteiger partial charge on any atom is -0.393 e. The number of carbonyl (C=O) groups excluding carboxylic acids is 1. The summed E-state index contributed by atoms with van der Waals surface area (Å²) in [5, 5.41) is 17.0. The lowest BCUT2D eigenvalue weighted by atomic mass is 9.87. The van der Waals surface area contributed by atoms with Crippen molar-refractivity contribution in [2.24, 2.45) is 5.41 Å². The van der Waals surface area contributed by atoms with Crippen LogP contribution in [0.2, 0.25) is 0 Å². The highest BCUT2D eigenvalue weighted by atomic mass is 16.3. The van der Waals surface area contributed by atoms with Gasteiger partial charge in [0.1, 0.15) is 0 Å². The Hall–Kier alpha value is -2.14. The van der Waals surface area contributed by atoms with Gasteiger partial charge in [0.05, 0.1) is 12.6 Å². The number of carbonyl (C=O) groups is 1. The van der Waals surface area contributed by atoms with E-state index in [4.69, 9.17) is 0 Å². The summed E-state index contributed by atoms with van der Waals surface area (Å²) in [6.45, 7) is 7.10. The Morgan fingerprint density at radius 2 is 2.00 bits per heavy atom. The number of hydrogen-bond donors (Lipinski definition) is 2. The first-order chi connectivity index (χ1) is 10.9. The first-order valence-electron chi connectivity index (χ1n) is 7.89. The topological polar surface area (TPSA) is 67.2 Å². The number of amides is 1. The fourth-order valence-corrected chi connectivity index (χ4v) is 2.20. The summed E-state index contributed by atoms with van der Waals surface area (Å²) in [4.78, 5) is 12.1. The van der Waals surface area contributed by atoms with E-state index in [-0.39, 0.29) is 11.3 Å². The highest BCUT2D eigenvalue weighted by Gasteiger charge is 2.21. The van der Waals surface area contributed by atoms with E-state index in [9.17, 15) is 9.90 Å². The maximum Gasteiger partial charge on any atom is 0.251 e. The number of hydrogen-bond acceptors (Lipinski definition) is 3. The maximum atomic E-state index is 12.1. The van der Waals surface area contributed by atoms with Gasteiger partial charge in [-0.2, -0.15) is 5.10 Å². The van der Waals surface area contributed by atoms with Crippen molar-refractivity contribution < 1.29 is 9.90 Å². The van der Waals surface area contributed by atoms with Gasteiger partial charge in [0.15, 0.2) is 0 Å². The predicted molar refractivity (Wildman–Crippen MR) is 90.2 cm³/mol. The van der Waals surface area contributed by atoms with Gasteiger partial charge in [-0.15, -0.1) is 0 Å². The summed E-state index contributed by atoms with van der Waals surface area (Å²) in [5.41, 5.74) is 1.55. The van der Waals surface area contributed by atoms with Gasteiger partial charge in [-0.3, -0.25) is 9.48 Å². The fourth-order valence-electron chi connectivity index (χ4n) is 2.20. The van der Waals surface area contributed by atoms with Crippen LogP contribution < -0.4 is 5.32 Å². The van der Waals surface area contributed by atoms with Crippen molar-refractivity contribution in [2.75, 3.05) is 6.54 Å². The Labute approximate surface area is 137 Å². The third kappa shape index (κ3) is 5.21. The Bertz CT molecular complexity index is 613. The van der Waals surface area contributed by atoms with E-state index in [1.54, 1.807) is 6.20 Å². The fraction of sp³-hybridized carbons (Fsp3) is 0.444. The van der Waals surface area contributed by atoms with Crippen LogP contribution in [0.1, 0.15) is 43.1 Å². The van der Waals surface area contributed by atoms with E-state index in [2.05, 4.69) is 10.4 Å². The van der Waals surface area contributed by atoms with E-state index in [1.807, 2.05) is 62.0 Å². The summed E-state index contributed by atoms with van der Waals surface area (Å²) in [7, 11) is 0. The Balaban J connectivity index is 1.83. The smallest absolute Gasteiger partial charge is 0.251 e. The van der Waals surface area contributed by atoms with Crippen molar-refractivity contribution in [1.82, 2.24) is 15.1 Å². The molecule has 0 radical (unpaired) electrons. The van der Waals surface area contributed by atoms with Crippen molar-refractivity contribution in [3.8, 4) is 0 Å². The van der Waals surface area contributed by atoms with Crippen LogP contribution in [0.5, 0.6) is 0 Å². The molecule has 1 aromatic heterocycles. The van der Waals surface area contributed by atoms with Gasteiger partial charge in [0.25, 0.3) is 5.91 Å². The van der Waals surface area contributed by atoms with Crippen LogP contribution in [0.3, 0.4) is 0 Å². The first kappa shape index (κ1) is 17.2. The molecule has 1 atom stereocenters. The average Bonchev–Trinajstić information content (AvgIpc) is 2.99. The molecule has 5 heteroatoms. The van der Waals surface area contributed by atoms with Crippen LogP contribution in [0.4, 0.5) is 0 Å². The molecule has 0 spiro atoms. The maximum absolute atomic E-state index is 12.1. The molecule has 0 fully saturated rings. The minimum atomic E-state index is -0.431. The number of nitrogens with zero attached hydrogens (tertiary/aromatic N) is 2. The van der Waals surface area contributed by atoms with Gasteiger partial charge in [-0.05, 0) is 35.6 Å². The summed E-state index contributed by atoms with van der Waals surface area (Å²) in [6, 6.07) is 9.37. The third-order valence-corrected chi connectivity index (χ3v) is 3.82. The zero-order valence-corrected chi connectivity index (χ0v) is 14.0. The molecule has 5 nitrogen and oxygen atoms in total. The standard InChI is InChI=1S/C18H25N3O2/c1-18(2,3)16(22)9-11-19-17(23)15-7-5-14(6-8-15)13-21-12-4-10-20-21/h4-8,10,12,16,22H,9,11,13H2,1-3H3,(H,19,23)/t16-/m1/s1. The molecule has 0 aliphatic carbocycles. The van der Waals surface area contributed by atoms with E-state index >= 15 is 0 Å². The summed E-state index contributed by atoms with van der Waals surface area (Å²) >= 11 is 0. The average molecular weight is 315 g/mol. The Morgan fingerprint density at radius 1 is 1.30 bits per heavy atom. The minimum absolute atomic E-state index is 0.114. The quantitative estimate of drug-likeness (QED) is 0.860. The normalized spacial score (nSPS) is 12.9. The first-order valence-corrected chi connectivity index (χ1v) is 7.89. The second kappa shape index (κ2) is 7.42. The molecule has 1 amide bonds. The predicted octanol–water partition coefficient (Wildman–Crippen LogP) is 2.46. The molecular formula is C18H25N3O2. The third-order valence-electron chi connectivity index (χ3n) is 3.82. The lowest BCUT2D eigenvalue weighted by Gasteiger charge is -2.25. The van der Waals surface area contributed by atoms with Gasteiger partial charge in [-0.1, -0.05) is 32.9 Å². The van der Waals surface area contributed by atoms with Crippen molar-refractivity contribution in [1.29, 1.82) is 0 Å². The molecular weight excluding hydrogens is 290 g/mol. The zero-order chi connectivity index (χ0) is 16.9. The molecule has 0 aliphatic rings. The SMILES string of the molecule is CC(C)(C)[C@H](O)CCNC(=O)c1ccc(Cn2cccn2)cc1. The Kier molecular flexibility index (Phi) is 5.55. The summed E-state index contributed by atoms with van der Waals surface area (Å²) < 4.78 is 1.84. The Morgan fingerprint density at radius 3 is 2.57 bits per heavy atom. The molecule has 2 aromatic rings. The van der Waals surface area contributed by atoms with Crippen molar-refractivity contribution in [3.05, 3.63) is 53.9 Å². The molecule has 1 aromatic carbocycles. The number of nitrogens with one attached hydrogen (secondary N) is 1. The van der Waals surface area contributed by atoms with Crippen molar-refractivity contribution in [2.45, 2.75) is 39.8 Å². The molecule has 2 rings (SSSR count). The molecule has 0 saturated heterocycles. The van der Waals surface area contributed by atoms with Gasteiger partial charge in [0.2, 0.25) is 0 Å². The molecule has 124 valence electrons. The molecule has 1 heterocycles. The number of aromatic nitrogens is 2. The summed E-state index contributed by atoms with van der Waals surface area (Å²) in [5.74, 6) is -0.114. The zero-order valence-electron chi connectivity index (χ0n) is 14.0. The molecule has 2 N–H and O–H groups in total. The van der Waals surface area contributed by atoms with E-state index in [0.717, 1.165) is 5.56 Å². The summed E-state index contributed by atoms with van der Waals surface area (Å²) in [6.07, 6.45) is 3.76. The van der Waals surface area contributed by atoms with E-state index in [1.165, 1.54) is 0 Å². The lowest BCUT2D eigenvalue weighted by Crippen LogP contribution is -2.32. The van der Waals surface area contributed by atoms with Crippen LogP contribution >= 0.6 is 0 Å². The van der Waals surface area contributed by atoms with E-state index < -0.39 is 6.10 Å². The van der Waals surface area contributed by atoms with Crippen LogP contribution in [0.15, 0.2) is 42.7 Å². The highest BCUT2D eigenvalue weighted by Crippen LogP contribution is 2.20. The van der Waals surface area contributed by atoms with E-state index in [0.29, 0.717) is 25.1 Å². The lowest BCUT2D eigenvalue weighted by molar-refractivity contribution is 0.0551. The molecule has 0 saturated carbocycles. The second-order valence-corrected chi connectivity index (χ2v) is 6.83. The number of aliphatic hydroxyl groups is 1. The highest BCUT2D eigenvalue weighted by molar-refractivity contribution is 5.94. The molecule has 0 aliphatic heterocycles. The second-order valence-electron chi connectivity index (χ2n) is 6.83. The van der Waals surface area contributed by atoms with Crippen LogP contribution in [-0.4, -0.2) is 33.4 Å². The van der Waals surface area contributed by atoms with Gasteiger partial charge < -0.3 is 10.4 Å². The number of rotatable bonds is 6. The van der Waals surface area contributed by atoms with Crippen LogP contribution in [-0.2, 0) is 6.54 Å². The van der Waals surface area contributed by atoms with Gasteiger partial charge in [0, 0.05) is 24.5 Å². The molecule has 23 heavy (non-hydrogen) atoms. The van der Waals surface area contributed by atoms with Crippen LogP contribution in [0.25, 0.3) is 0 Å². The number of aliphatic hydroxyl groups excluding tert-OH is 1. The van der Waals surface area contributed by atoms with Crippen molar-refractivity contribution in [3.63, 3.8) is 0 Å². The largest absolute Gasteiger partial charge is 0.393 e. The van der Waals surface area contributed by atoms with Gasteiger partial charge in [-0.25, -0.2) is 0 Å². The van der Waals surface area contributed by atoms with Gasteiger partial charge >= 0.3 is 0 Å². The van der Waals surface area contributed by atoms with Crippen molar-refractivity contribution >= 4 is 5.91 Å². The molecule has 0 unspecified atom stereocenters.